The Labute approximate surface area is 95.3 Å². The van der Waals surface area contributed by atoms with Gasteiger partial charge in [-0.15, -0.1) is 0 Å². The SMILES string of the molecule is O=C1N[C@H](c2cccc(Cl)c2)C(F)(F)CO1. The van der Waals surface area contributed by atoms with Crippen LogP contribution in [0.2, 0.25) is 5.02 Å². The molecule has 16 heavy (non-hydrogen) atoms. The smallest absolute Gasteiger partial charge is 0.408 e. The van der Waals surface area contributed by atoms with Crippen molar-refractivity contribution in [2.24, 2.45) is 0 Å². The van der Waals surface area contributed by atoms with Crippen LogP contribution >= 0.6 is 11.6 Å². The van der Waals surface area contributed by atoms with E-state index in [0.29, 0.717) is 5.02 Å². The van der Waals surface area contributed by atoms with Crippen LogP contribution < -0.4 is 5.32 Å². The van der Waals surface area contributed by atoms with Gasteiger partial charge in [-0.2, -0.15) is 0 Å². The van der Waals surface area contributed by atoms with E-state index in [0.717, 1.165) is 0 Å². The molecule has 0 bridgehead atoms. The third-order valence-electron chi connectivity index (χ3n) is 2.26. The molecule has 1 aliphatic rings. The third-order valence-corrected chi connectivity index (χ3v) is 2.50. The van der Waals surface area contributed by atoms with Crippen LogP contribution in [0.5, 0.6) is 0 Å². The summed E-state index contributed by atoms with van der Waals surface area (Å²) in [5.74, 6) is -3.14. The van der Waals surface area contributed by atoms with Gasteiger partial charge in [0.15, 0.2) is 6.61 Å². The van der Waals surface area contributed by atoms with Gasteiger partial charge in [-0.3, -0.25) is 0 Å². The van der Waals surface area contributed by atoms with Crippen molar-refractivity contribution in [3.05, 3.63) is 34.9 Å². The minimum absolute atomic E-state index is 0.258. The largest absolute Gasteiger partial charge is 0.443 e. The predicted octanol–water partition coefficient (Wildman–Crippen LogP) is 2.76. The molecule has 3 nitrogen and oxygen atoms in total. The van der Waals surface area contributed by atoms with Crippen LogP contribution in [0.4, 0.5) is 13.6 Å². The van der Waals surface area contributed by atoms with Crippen LogP contribution in [0.1, 0.15) is 11.6 Å². The number of ether oxygens (including phenoxy) is 1. The number of halogens is 3. The Kier molecular flexibility index (Phi) is 2.71. The van der Waals surface area contributed by atoms with Crippen LogP contribution in [0, 0.1) is 0 Å². The van der Waals surface area contributed by atoms with Gasteiger partial charge in [0, 0.05) is 5.02 Å². The molecule has 1 fully saturated rings. The highest BCUT2D eigenvalue weighted by molar-refractivity contribution is 6.30. The summed E-state index contributed by atoms with van der Waals surface area (Å²) < 4.78 is 31.2. The van der Waals surface area contributed by atoms with Gasteiger partial charge in [0.25, 0.3) is 0 Å². The first kappa shape index (κ1) is 11.1. The fourth-order valence-electron chi connectivity index (χ4n) is 1.52. The molecule has 0 aliphatic carbocycles. The van der Waals surface area contributed by atoms with Crippen molar-refractivity contribution in [1.82, 2.24) is 5.32 Å². The summed E-state index contributed by atoms with van der Waals surface area (Å²) >= 11 is 5.70. The normalized spacial score (nSPS) is 23.4. The molecular weight excluding hydrogens is 240 g/mol. The van der Waals surface area contributed by atoms with Crippen molar-refractivity contribution in [3.63, 3.8) is 0 Å². The van der Waals surface area contributed by atoms with Crippen molar-refractivity contribution in [2.45, 2.75) is 12.0 Å². The fraction of sp³-hybridized carbons (Fsp3) is 0.300. The average Bonchev–Trinajstić information content (AvgIpc) is 2.22. The molecule has 0 unspecified atom stereocenters. The van der Waals surface area contributed by atoms with Gasteiger partial charge in [0.05, 0.1) is 0 Å². The van der Waals surface area contributed by atoms with E-state index in [1.54, 1.807) is 12.1 Å². The maximum atomic E-state index is 13.5. The van der Waals surface area contributed by atoms with Gasteiger partial charge in [0.1, 0.15) is 6.04 Å². The van der Waals surface area contributed by atoms with E-state index in [2.05, 4.69) is 10.1 Å². The fourth-order valence-corrected chi connectivity index (χ4v) is 1.72. The standard InChI is InChI=1S/C10H8ClF2NO2/c11-7-3-1-2-6(4-7)8-10(12,13)5-16-9(15)14-8/h1-4,8H,5H2,(H,14,15)/t8-/m1/s1. The second-order valence-corrected chi connectivity index (χ2v) is 3.91. The van der Waals surface area contributed by atoms with Crippen LogP contribution in [-0.4, -0.2) is 18.6 Å². The first-order valence-corrected chi connectivity index (χ1v) is 4.93. The quantitative estimate of drug-likeness (QED) is 0.829. The lowest BCUT2D eigenvalue weighted by molar-refractivity contribution is -0.104. The predicted molar refractivity (Wildman–Crippen MR) is 53.6 cm³/mol. The van der Waals surface area contributed by atoms with Gasteiger partial charge in [0.2, 0.25) is 0 Å². The second kappa shape index (κ2) is 3.90. The number of rotatable bonds is 1. The molecule has 0 spiro atoms. The summed E-state index contributed by atoms with van der Waals surface area (Å²) in [7, 11) is 0. The maximum absolute atomic E-state index is 13.5. The van der Waals surface area contributed by atoms with Crippen molar-refractivity contribution in [3.8, 4) is 0 Å². The molecule has 0 radical (unpaired) electrons. The molecule has 0 saturated carbocycles. The zero-order valence-electron chi connectivity index (χ0n) is 8.04. The molecular formula is C10H8ClF2NO2. The van der Waals surface area contributed by atoms with Gasteiger partial charge < -0.3 is 10.1 Å². The molecule has 1 aliphatic heterocycles. The van der Waals surface area contributed by atoms with E-state index in [1.807, 2.05) is 0 Å². The van der Waals surface area contributed by atoms with Crippen LogP contribution in [0.25, 0.3) is 0 Å². The van der Waals surface area contributed by atoms with Gasteiger partial charge in [-0.1, -0.05) is 23.7 Å². The van der Waals surface area contributed by atoms with Gasteiger partial charge in [-0.05, 0) is 17.7 Å². The molecule has 1 saturated heterocycles. The van der Waals surface area contributed by atoms with Gasteiger partial charge >= 0.3 is 12.0 Å². The number of alkyl halides is 2. The molecule has 86 valence electrons. The van der Waals surface area contributed by atoms with Crippen molar-refractivity contribution >= 4 is 17.7 Å². The Morgan fingerprint density at radius 1 is 1.50 bits per heavy atom. The lowest BCUT2D eigenvalue weighted by Gasteiger charge is -2.31. The first-order valence-electron chi connectivity index (χ1n) is 4.55. The van der Waals surface area contributed by atoms with E-state index in [4.69, 9.17) is 11.6 Å². The summed E-state index contributed by atoms with van der Waals surface area (Å²) in [6.45, 7) is -0.921. The third kappa shape index (κ3) is 2.09. The number of carbonyl (C=O) groups is 1. The Morgan fingerprint density at radius 3 is 2.94 bits per heavy atom. The highest BCUT2D eigenvalue weighted by Gasteiger charge is 2.46. The van der Waals surface area contributed by atoms with Crippen LogP contribution in [0.3, 0.4) is 0 Å². The number of cyclic esters (lactones) is 1. The molecule has 1 atom stereocenters. The number of nitrogens with one attached hydrogen (secondary N) is 1. The molecule has 1 N–H and O–H groups in total. The maximum Gasteiger partial charge on any atom is 0.408 e. The monoisotopic (exact) mass is 247 g/mol. The minimum atomic E-state index is -3.14. The number of alkyl carbamates (subject to hydrolysis) is 1. The summed E-state index contributed by atoms with van der Waals surface area (Å²) in [4.78, 5) is 10.9. The van der Waals surface area contributed by atoms with Crippen molar-refractivity contribution in [2.75, 3.05) is 6.61 Å². The molecule has 1 amide bonds. The first-order chi connectivity index (χ1) is 7.49. The Morgan fingerprint density at radius 2 is 2.25 bits per heavy atom. The Bertz CT molecular complexity index is 425. The Hall–Kier alpha value is -1.36. The summed E-state index contributed by atoms with van der Waals surface area (Å²) in [6, 6.07) is 4.61. The van der Waals surface area contributed by atoms with E-state index in [1.165, 1.54) is 12.1 Å². The molecule has 6 heteroatoms. The molecule has 0 aromatic heterocycles. The van der Waals surface area contributed by atoms with E-state index < -0.39 is 24.7 Å². The van der Waals surface area contributed by atoms with E-state index in [-0.39, 0.29) is 5.56 Å². The lowest BCUT2D eigenvalue weighted by atomic mass is 10.0. The summed E-state index contributed by atoms with van der Waals surface area (Å²) in [5.41, 5.74) is 0.258. The zero-order chi connectivity index (χ0) is 11.8. The second-order valence-electron chi connectivity index (χ2n) is 3.47. The number of hydrogen-bond donors (Lipinski definition) is 1. The Balaban J connectivity index is 2.33. The molecule has 1 heterocycles. The molecule has 2 rings (SSSR count). The lowest BCUT2D eigenvalue weighted by Crippen LogP contribution is -2.49. The molecule has 1 aromatic carbocycles. The van der Waals surface area contributed by atoms with E-state index >= 15 is 0 Å². The van der Waals surface area contributed by atoms with Crippen LogP contribution in [0.15, 0.2) is 24.3 Å². The van der Waals surface area contributed by atoms with Gasteiger partial charge in [-0.25, -0.2) is 13.6 Å². The van der Waals surface area contributed by atoms with E-state index in [9.17, 15) is 13.6 Å². The van der Waals surface area contributed by atoms with Crippen molar-refractivity contribution < 1.29 is 18.3 Å². The summed E-state index contributed by atoms with van der Waals surface area (Å²) in [5, 5.41) is 2.42. The number of amides is 1. The highest BCUT2D eigenvalue weighted by Crippen LogP contribution is 2.35. The highest BCUT2D eigenvalue weighted by atomic mass is 35.5. The summed E-state index contributed by atoms with van der Waals surface area (Å²) in [6.07, 6.45) is -0.851. The zero-order valence-corrected chi connectivity index (χ0v) is 8.80. The number of hydrogen-bond acceptors (Lipinski definition) is 2. The van der Waals surface area contributed by atoms with Crippen LogP contribution in [-0.2, 0) is 4.74 Å². The number of carbonyl (C=O) groups excluding carboxylic acids is 1. The average molecular weight is 248 g/mol. The molecule has 1 aromatic rings. The topological polar surface area (TPSA) is 38.3 Å². The van der Waals surface area contributed by atoms with Crippen molar-refractivity contribution in [1.29, 1.82) is 0 Å². The minimum Gasteiger partial charge on any atom is -0.443 e. The number of benzene rings is 1.